The number of carbonyl (C=O) groups is 5. The maximum Gasteiger partial charge on any atom is 0.481 e. The fourth-order valence-electron chi connectivity index (χ4n) is 9.20. The predicted octanol–water partition coefficient (Wildman–Crippen LogP) is 2.79. The number of hydrogen-bond donors (Lipinski definition) is 8. The number of nitrogens with one attached hydrogen (secondary N) is 5. The smallest absolute Gasteiger partial charge is 0.404 e. The maximum absolute atomic E-state index is 13.7. The molecule has 3 saturated carbocycles. The fraction of sp³-hybridized carbons (Fsp3) is 0.750. The van der Waals surface area contributed by atoms with Gasteiger partial charge in [-0.1, -0.05) is 65.0 Å². The molecule has 5 amide bonds. The van der Waals surface area contributed by atoms with Crippen molar-refractivity contribution in [2.75, 3.05) is 13.1 Å². The Morgan fingerprint density at radius 1 is 0.767 bits per heavy atom. The molecule has 1 unspecified atom stereocenters. The molecule has 0 spiro atoms. The van der Waals surface area contributed by atoms with Gasteiger partial charge in [0.05, 0.1) is 23.8 Å². The van der Waals surface area contributed by atoms with Crippen LogP contribution in [0.25, 0.3) is 0 Å². The molecule has 1 heterocycles. The minimum atomic E-state index is -1.47. The summed E-state index contributed by atoms with van der Waals surface area (Å²) in [6, 6.07) is 2.60. The van der Waals surface area contributed by atoms with Gasteiger partial charge in [-0.3, -0.25) is 24.0 Å². The molecule has 10 N–H and O–H groups in total. The summed E-state index contributed by atoms with van der Waals surface area (Å²) in [5.41, 5.74) is 12.7. The lowest BCUT2D eigenvalue weighted by molar-refractivity contribution is -0.199. The summed E-state index contributed by atoms with van der Waals surface area (Å²) in [6.45, 7) is 14.0. The molecule has 2 bridgehead atoms. The molecule has 4 fully saturated rings. The SMILES string of the molecule is CCCCCCCCc1ccc(C(=O)N[C@@H](CCN)C(=O)N[C@H](C(=O)N[C@@H](C)C(=O)N[C@@H](CCCCN)C(=O)N[C@@H](C)B2OC3C[C@@H]4C[C@@H](C4(C)C)[C@]3(C)O2)[C@@H](C)O)cc1. The molecule has 1 aromatic carbocycles. The summed E-state index contributed by atoms with van der Waals surface area (Å²) < 4.78 is 12.9. The van der Waals surface area contributed by atoms with Crippen LogP contribution >= 0.6 is 0 Å². The topological polar surface area (TPSA) is 236 Å². The Balaban J connectivity index is 1.30. The predicted molar refractivity (Wildman–Crippen MR) is 232 cm³/mol. The standard InChI is InChI=1S/C44H74BN7O8/c1-8-9-10-11-12-13-16-30-18-20-31(21-19-30)39(55)51-34(22-24-47)41(57)52-37(28(3)53)42(58)48-27(2)38(54)50-33(17-14-15-23-46)40(56)49-29(4)45-59-36-26-32-25-35(43(32,5)6)44(36,7)60-45/h18-21,27-29,32-37,53H,8-17,22-26,46-47H2,1-7H3,(H,48,58)(H,49,56)(H,50,54)(H,51,55)(H,52,57)/t27-,28+,29-,32-,33-,34-,35-,36?,37-,44-/m0/s1. The van der Waals surface area contributed by atoms with E-state index in [0.717, 1.165) is 37.7 Å². The molecule has 10 atom stereocenters. The average molecular weight is 840 g/mol. The lowest BCUT2D eigenvalue weighted by atomic mass is 9.43. The number of aryl methyl sites for hydroxylation is 1. The number of unbranched alkanes of at least 4 members (excludes halogenated alkanes) is 6. The molecule has 0 aromatic heterocycles. The van der Waals surface area contributed by atoms with Crippen LogP contribution in [0.15, 0.2) is 24.3 Å². The second-order valence-corrected chi connectivity index (χ2v) is 18.3. The minimum Gasteiger partial charge on any atom is -0.404 e. The normalized spacial score (nSPS) is 24.4. The molecule has 1 aromatic rings. The number of hydrogen-bond acceptors (Lipinski definition) is 10. The van der Waals surface area contributed by atoms with Crippen LogP contribution in [-0.2, 0) is 34.9 Å². The minimum absolute atomic E-state index is 0.0500. The zero-order chi connectivity index (χ0) is 44.2. The first kappa shape index (κ1) is 49.1. The Kier molecular flexibility index (Phi) is 18.4. The van der Waals surface area contributed by atoms with E-state index in [1.165, 1.54) is 39.5 Å². The lowest BCUT2D eigenvalue weighted by Gasteiger charge is -2.64. The van der Waals surface area contributed by atoms with Crippen molar-refractivity contribution in [2.45, 2.75) is 180 Å². The number of carbonyl (C=O) groups excluding carboxylic acids is 5. The third kappa shape index (κ3) is 12.5. The highest BCUT2D eigenvalue weighted by atomic mass is 16.7. The van der Waals surface area contributed by atoms with Gasteiger partial charge in [-0.15, -0.1) is 0 Å². The van der Waals surface area contributed by atoms with Crippen molar-refractivity contribution in [1.29, 1.82) is 0 Å². The van der Waals surface area contributed by atoms with Crippen LogP contribution in [0.1, 0.15) is 141 Å². The first-order chi connectivity index (χ1) is 28.5. The van der Waals surface area contributed by atoms with E-state index >= 15 is 0 Å². The highest BCUT2D eigenvalue weighted by Gasteiger charge is 2.68. The van der Waals surface area contributed by atoms with Crippen LogP contribution in [-0.4, -0.2) is 103 Å². The van der Waals surface area contributed by atoms with E-state index in [2.05, 4.69) is 54.3 Å². The molecule has 1 saturated heterocycles. The Hall–Kier alpha value is -3.57. The van der Waals surface area contributed by atoms with Gasteiger partial charge < -0.3 is 52.5 Å². The summed E-state index contributed by atoms with van der Waals surface area (Å²) in [7, 11) is -0.644. The van der Waals surface area contributed by atoms with Crippen LogP contribution < -0.4 is 38.1 Å². The van der Waals surface area contributed by atoms with E-state index in [9.17, 15) is 29.1 Å². The van der Waals surface area contributed by atoms with E-state index in [0.29, 0.717) is 43.2 Å². The molecule has 0 radical (unpaired) electrons. The van der Waals surface area contributed by atoms with Crippen molar-refractivity contribution in [3.8, 4) is 0 Å². The van der Waals surface area contributed by atoms with Crippen molar-refractivity contribution in [3.63, 3.8) is 0 Å². The molecule has 16 heteroatoms. The molecular weight excluding hydrogens is 765 g/mol. The van der Waals surface area contributed by atoms with Crippen molar-refractivity contribution >= 4 is 36.7 Å². The molecule has 1 aliphatic heterocycles. The number of aliphatic hydroxyl groups excluding tert-OH is 1. The Labute approximate surface area is 357 Å². The quantitative estimate of drug-likeness (QED) is 0.0530. The maximum atomic E-state index is 13.7. The number of nitrogens with two attached hydrogens (primary N) is 2. The number of rotatable bonds is 25. The molecule has 336 valence electrons. The molecule has 15 nitrogen and oxygen atoms in total. The van der Waals surface area contributed by atoms with Crippen LogP contribution in [0.3, 0.4) is 0 Å². The summed E-state index contributed by atoms with van der Waals surface area (Å²) in [6.07, 6.45) is 10.3. The van der Waals surface area contributed by atoms with Gasteiger partial charge in [-0.05, 0) is 127 Å². The highest BCUT2D eigenvalue weighted by molar-refractivity contribution is 6.47. The summed E-state index contributed by atoms with van der Waals surface area (Å²) in [5, 5.41) is 24.1. The zero-order valence-electron chi connectivity index (χ0n) is 37.1. The first-order valence-electron chi connectivity index (χ1n) is 22.5. The molecular formula is C44H74BN7O8. The molecule has 4 aliphatic rings. The van der Waals surface area contributed by atoms with E-state index in [1.807, 2.05) is 19.1 Å². The first-order valence-corrected chi connectivity index (χ1v) is 22.5. The number of aliphatic hydroxyl groups is 1. The second kappa shape index (κ2) is 22.5. The molecule has 5 rings (SSSR count). The van der Waals surface area contributed by atoms with Gasteiger partial charge >= 0.3 is 7.12 Å². The van der Waals surface area contributed by atoms with Crippen molar-refractivity contribution < 1.29 is 38.4 Å². The average Bonchev–Trinajstić information content (AvgIpc) is 3.58. The van der Waals surface area contributed by atoms with Gasteiger partial charge in [-0.2, -0.15) is 0 Å². The fourth-order valence-corrected chi connectivity index (χ4v) is 9.20. The third-order valence-electron chi connectivity index (χ3n) is 13.3. The Morgan fingerprint density at radius 2 is 1.42 bits per heavy atom. The van der Waals surface area contributed by atoms with E-state index in [4.69, 9.17) is 20.8 Å². The van der Waals surface area contributed by atoms with Crippen molar-refractivity contribution in [3.05, 3.63) is 35.4 Å². The summed E-state index contributed by atoms with van der Waals surface area (Å²) in [4.78, 5) is 67.2. The third-order valence-corrected chi connectivity index (χ3v) is 13.3. The van der Waals surface area contributed by atoms with E-state index in [-0.39, 0.29) is 24.5 Å². The van der Waals surface area contributed by atoms with Crippen molar-refractivity contribution in [1.82, 2.24) is 26.6 Å². The van der Waals surface area contributed by atoms with Gasteiger partial charge in [0, 0.05) is 5.56 Å². The van der Waals surface area contributed by atoms with Gasteiger partial charge in [0.15, 0.2) is 0 Å². The Morgan fingerprint density at radius 3 is 2.05 bits per heavy atom. The lowest BCUT2D eigenvalue weighted by Crippen LogP contribution is -2.65. The number of amides is 5. The monoisotopic (exact) mass is 840 g/mol. The van der Waals surface area contributed by atoms with E-state index in [1.54, 1.807) is 12.1 Å². The van der Waals surface area contributed by atoms with Gasteiger partial charge in [0.25, 0.3) is 5.91 Å². The molecule has 3 aliphatic carbocycles. The molecule has 60 heavy (non-hydrogen) atoms. The van der Waals surface area contributed by atoms with Crippen molar-refractivity contribution in [2.24, 2.45) is 28.7 Å². The van der Waals surface area contributed by atoms with Crippen LogP contribution in [0.4, 0.5) is 0 Å². The Bertz CT molecular complexity index is 1600. The van der Waals surface area contributed by atoms with E-state index < -0.39 is 78.5 Å². The highest BCUT2D eigenvalue weighted by Crippen LogP contribution is 2.65. The summed E-state index contributed by atoms with van der Waals surface area (Å²) in [5.74, 6) is -2.65. The number of benzene rings is 1. The van der Waals surface area contributed by atoms with Crippen LogP contribution in [0.2, 0.25) is 0 Å². The second-order valence-electron chi connectivity index (χ2n) is 18.3. The summed E-state index contributed by atoms with van der Waals surface area (Å²) >= 11 is 0. The van der Waals surface area contributed by atoms with Crippen LogP contribution in [0, 0.1) is 17.3 Å². The van der Waals surface area contributed by atoms with Gasteiger partial charge in [0.1, 0.15) is 24.2 Å². The largest absolute Gasteiger partial charge is 0.481 e. The van der Waals surface area contributed by atoms with Crippen LogP contribution in [0.5, 0.6) is 0 Å². The van der Waals surface area contributed by atoms with Gasteiger partial charge in [0.2, 0.25) is 23.6 Å². The van der Waals surface area contributed by atoms with Gasteiger partial charge in [-0.25, -0.2) is 0 Å². The zero-order valence-corrected chi connectivity index (χ0v) is 37.1.